The lowest BCUT2D eigenvalue weighted by Gasteiger charge is -2.06. The van der Waals surface area contributed by atoms with Crippen LogP contribution < -0.4 is 10.1 Å². The summed E-state index contributed by atoms with van der Waals surface area (Å²) in [4.78, 5) is 11.2. The molecule has 0 bridgehead atoms. The summed E-state index contributed by atoms with van der Waals surface area (Å²) in [6, 6.07) is 9.16. The second kappa shape index (κ2) is 7.07. The van der Waals surface area contributed by atoms with Crippen LogP contribution in [-0.2, 0) is 11.2 Å². The zero-order valence-corrected chi connectivity index (χ0v) is 9.48. The molecule has 4 nitrogen and oxygen atoms in total. The van der Waals surface area contributed by atoms with Crippen molar-refractivity contribution in [1.29, 1.82) is 5.26 Å². The Hall–Kier alpha value is -2.28. The maximum absolute atomic E-state index is 11.2. The minimum atomic E-state index is -0.189. The van der Waals surface area contributed by atoms with Gasteiger partial charge in [-0.2, -0.15) is 5.26 Å². The standard InChI is InChI=1S/C13H14N2O2/c1-2-9-15-13(16)10-17-12-5-3-11(4-6-12)7-8-14/h2-6H,1,7,9-10H2,(H,15,16). The first-order chi connectivity index (χ1) is 8.26. The molecule has 0 aliphatic rings. The van der Waals surface area contributed by atoms with Crippen molar-refractivity contribution >= 4 is 5.91 Å². The van der Waals surface area contributed by atoms with Gasteiger partial charge in [0.2, 0.25) is 0 Å². The van der Waals surface area contributed by atoms with E-state index in [1.165, 1.54) is 0 Å². The van der Waals surface area contributed by atoms with Gasteiger partial charge in [0.1, 0.15) is 5.75 Å². The third-order valence-electron chi connectivity index (χ3n) is 2.02. The van der Waals surface area contributed by atoms with Crippen molar-refractivity contribution in [2.75, 3.05) is 13.2 Å². The zero-order valence-electron chi connectivity index (χ0n) is 9.48. The van der Waals surface area contributed by atoms with Crippen LogP contribution in [0.25, 0.3) is 0 Å². The van der Waals surface area contributed by atoms with Gasteiger partial charge >= 0.3 is 0 Å². The van der Waals surface area contributed by atoms with Crippen LogP contribution in [0.15, 0.2) is 36.9 Å². The number of carbonyl (C=O) groups is 1. The highest BCUT2D eigenvalue weighted by Gasteiger charge is 2.01. The van der Waals surface area contributed by atoms with Crippen LogP contribution >= 0.6 is 0 Å². The van der Waals surface area contributed by atoms with E-state index >= 15 is 0 Å². The zero-order chi connectivity index (χ0) is 12.5. The van der Waals surface area contributed by atoms with Crippen LogP contribution in [-0.4, -0.2) is 19.1 Å². The van der Waals surface area contributed by atoms with Gasteiger partial charge < -0.3 is 10.1 Å². The number of nitrogens with zero attached hydrogens (tertiary/aromatic N) is 1. The Morgan fingerprint density at radius 3 is 2.76 bits per heavy atom. The van der Waals surface area contributed by atoms with Crippen LogP contribution in [0.5, 0.6) is 5.75 Å². The number of nitrogens with one attached hydrogen (secondary N) is 1. The predicted octanol–water partition coefficient (Wildman–Crippen LogP) is 1.43. The van der Waals surface area contributed by atoms with Crippen LogP contribution in [0, 0.1) is 11.3 Å². The molecule has 0 aliphatic heterocycles. The predicted molar refractivity (Wildman–Crippen MR) is 64.5 cm³/mol. The lowest BCUT2D eigenvalue weighted by Crippen LogP contribution is -2.28. The Balaban J connectivity index is 2.39. The van der Waals surface area contributed by atoms with Gasteiger partial charge in [-0.1, -0.05) is 18.2 Å². The number of nitriles is 1. The lowest BCUT2D eigenvalue weighted by atomic mass is 10.2. The minimum absolute atomic E-state index is 0.0224. The summed E-state index contributed by atoms with van der Waals surface area (Å²) in [7, 11) is 0. The molecular formula is C13H14N2O2. The molecule has 17 heavy (non-hydrogen) atoms. The molecule has 0 fully saturated rings. The van der Waals surface area contributed by atoms with Gasteiger partial charge in [0.15, 0.2) is 6.61 Å². The van der Waals surface area contributed by atoms with Gasteiger partial charge in [0, 0.05) is 6.54 Å². The van der Waals surface area contributed by atoms with Crippen molar-refractivity contribution in [2.24, 2.45) is 0 Å². The fourth-order valence-electron chi connectivity index (χ4n) is 1.18. The average molecular weight is 230 g/mol. The molecule has 0 spiro atoms. The number of rotatable bonds is 6. The van der Waals surface area contributed by atoms with Gasteiger partial charge in [-0.15, -0.1) is 6.58 Å². The molecule has 0 aromatic heterocycles. The molecule has 0 aliphatic carbocycles. The second-order valence-electron chi connectivity index (χ2n) is 3.36. The quantitative estimate of drug-likeness (QED) is 0.752. The number of amides is 1. The molecule has 1 aromatic carbocycles. The van der Waals surface area contributed by atoms with Crippen molar-refractivity contribution in [2.45, 2.75) is 6.42 Å². The Labute approximate surface area is 101 Å². The van der Waals surface area contributed by atoms with E-state index in [0.29, 0.717) is 18.7 Å². The molecule has 0 saturated heterocycles. The summed E-state index contributed by atoms with van der Waals surface area (Å²) >= 11 is 0. The Kier molecular flexibility index (Phi) is 5.32. The summed E-state index contributed by atoms with van der Waals surface area (Å²) in [6.45, 7) is 3.91. The number of ether oxygens (including phenoxy) is 1. The average Bonchev–Trinajstić information content (AvgIpc) is 2.36. The van der Waals surface area contributed by atoms with E-state index in [9.17, 15) is 4.79 Å². The molecule has 88 valence electrons. The molecule has 0 atom stereocenters. The second-order valence-corrected chi connectivity index (χ2v) is 3.36. The minimum Gasteiger partial charge on any atom is -0.484 e. The molecule has 0 saturated carbocycles. The first-order valence-electron chi connectivity index (χ1n) is 5.22. The Bertz CT molecular complexity index is 418. The van der Waals surface area contributed by atoms with E-state index in [2.05, 4.69) is 18.0 Å². The van der Waals surface area contributed by atoms with Crippen LogP contribution in [0.2, 0.25) is 0 Å². The van der Waals surface area contributed by atoms with E-state index in [4.69, 9.17) is 10.00 Å². The number of benzene rings is 1. The van der Waals surface area contributed by atoms with E-state index in [1.54, 1.807) is 30.3 Å². The highest BCUT2D eigenvalue weighted by molar-refractivity contribution is 5.77. The molecule has 1 rings (SSSR count). The highest BCUT2D eigenvalue weighted by Crippen LogP contribution is 2.12. The molecule has 4 heteroatoms. The topological polar surface area (TPSA) is 62.1 Å². The van der Waals surface area contributed by atoms with Gasteiger partial charge in [0.05, 0.1) is 12.5 Å². The first kappa shape index (κ1) is 12.8. The van der Waals surface area contributed by atoms with E-state index in [-0.39, 0.29) is 12.5 Å². The summed E-state index contributed by atoms with van der Waals surface area (Å²) in [5, 5.41) is 11.1. The number of hydrogen-bond donors (Lipinski definition) is 1. The smallest absolute Gasteiger partial charge is 0.258 e. The van der Waals surface area contributed by atoms with Crippen LogP contribution in [0.3, 0.4) is 0 Å². The van der Waals surface area contributed by atoms with Crippen molar-refractivity contribution in [1.82, 2.24) is 5.32 Å². The van der Waals surface area contributed by atoms with Crippen molar-refractivity contribution < 1.29 is 9.53 Å². The Morgan fingerprint density at radius 2 is 2.18 bits per heavy atom. The van der Waals surface area contributed by atoms with Crippen molar-refractivity contribution in [3.8, 4) is 11.8 Å². The molecule has 1 aromatic rings. The third-order valence-corrected chi connectivity index (χ3v) is 2.02. The van der Waals surface area contributed by atoms with Crippen molar-refractivity contribution in [3.05, 3.63) is 42.5 Å². The summed E-state index contributed by atoms with van der Waals surface area (Å²) < 4.78 is 5.27. The number of hydrogen-bond acceptors (Lipinski definition) is 3. The largest absolute Gasteiger partial charge is 0.484 e. The molecular weight excluding hydrogens is 216 g/mol. The summed E-state index contributed by atoms with van der Waals surface area (Å²) in [6.07, 6.45) is 1.98. The third kappa shape index (κ3) is 4.85. The monoisotopic (exact) mass is 230 g/mol. The summed E-state index contributed by atoms with van der Waals surface area (Å²) in [5.41, 5.74) is 0.927. The molecule has 1 N–H and O–H groups in total. The molecule has 1 amide bonds. The normalized spacial score (nSPS) is 9.12. The van der Waals surface area contributed by atoms with Gasteiger partial charge in [0.25, 0.3) is 5.91 Å². The molecule has 0 radical (unpaired) electrons. The molecule has 0 unspecified atom stereocenters. The van der Waals surface area contributed by atoms with Crippen molar-refractivity contribution in [3.63, 3.8) is 0 Å². The SMILES string of the molecule is C=CCNC(=O)COc1ccc(CC#N)cc1. The van der Waals surface area contributed by atoms with Crippen LogP contribution in [0.1, 0.15) is 5.56 Å². The highest BCUT2D eigenvalue weighted by atomic mass is 16.5. The Morgan fingerprint density at radius 1 is 1.47 bits per heavy atom. The summed E-state index contributed by atoms with van der Waals surface area (Å²) in [5.74, 6) is 0.423. The van der Waals surface area contributed by atoms with Gasteiger partial charge in [-0.05, 0) is 17.7 Å². The fourth-order valence-corrected chi connectivity index (χ4v) is 1.18. The molecule has 0 heterocycles. The van der Waals surface area contributed by atoms with E-state index < -0.39 is 0 Å². The maximum atomic E-state index is 11.2. The van der Waals surface area contributed by atoms with Gasteiger partial charge in [-0.3, -0.25) is 4.79 Å². The van der Waals surface area contributed by atoms with E-state index in [1.807, 2.05) is 0 Å². The van der Waals surface area contributed by atoms with E-state index in [0.717, 1.165) is 5.56 Å². The fraction of sp³-hybridized carbons (Fsp3) is 0.231. The first-order valence-corrected chi connectivity index (χ1v) is 5.22. The van der Waals surface area contributed by atoms with Gasteiger partial charge in [-0.25, -0.2) is 0 Å². The maximum Gasteiger partial charge on any atom is 0.258 e. The van der Waals surface area contributed by atoms with Crippen LogP contribution in [0.4, 0.5) is 0 Å². The lowest BCUT2D eigenvalue weighted by molar-refractivity contribution is -0.122. The number of carbonyl (C=O) groups excluding carboxylic acids is 1.